The van der Waals surface area contributed by atoms with Crippen LogP contribution in [0.2, 0.25) is 0 Å². The van der Waals surface area contributed by atoms with Gasteiger partial charge in [0.1, 0.15) is 11.5 Å². The number of aromatic amines is 1. The van der Waals surface area contributed by atoms with Gasteiger partial charge in [0.2, 0.25) is 0 Å². The van der Waals surface area contributed by atoms with Crippen LogP contribution >= 0.6 is 0 Å². The number of imidazole rings is 1. The highest BCUT2D eigenvalue weighted by Gasteiger charge is 2.49. The van der Waals surface area contributed by atoms with Crippen molar-refractivity contribution < 1.29 is 4.79 Å². The van der Waals surface area contributed by atoms with Gasteiger partial charge in [-0.3, -0.25) is 9.69 Å². The Morgan fingerprint density at radius 1 is 1.17 bits per heavy atom. The maximum Gasteiger partial charge on any atom is 0.271 e. The number of hydrogen-bond donors (Lipinski definition) is 2. The van der Waals surface area contributed by atoms with Gasteiger partial charge in [0, 0.05) is 50.4 Å². The minimum atomic E-state index is -0.0199. The fourth-order valence-electron chi connectivity index (χ4n) is 3.98. The van der Waals surface area contributed by atoms with Gasteiger partial charge in [-0.1, -0.05) is 13.8 Å². The van der Waals surface area contributed by atoms with Crippen molar-refractivity contribution in [3.8, 4) is 0 Å². The van der Waals surface area contributed by atoms with Crippen molar-refractivity contribution in [2.45, 2.75) is 38.5 Å². The van der Waals surface area contributed by atoms with Crippen molar-refractivity contribution in [3.63, 3.8) is 0 Å². The maximum atomic E-state index is 12.4. The molecular weight excluding hydrogens is 302 g/mol. The first kappa shape index (κ1) is 16.1. The first-order chi connectivity index (χ1) is 11.4. The Kier molecular flexibility index (Phi) is 3.73. The lowest BCUT2D eigenvalue weighted by Crippen LogP contribution is -2.47. The van der Waals surface area contributed by atoms with E-state index in [0.29, 0.717) is 12.2 Å². The molecule has 0 bridgehead atoms. The van der Waals surface area contributed by atoms with Crippen LogP contribution in [0.25, 0.3) is 0 Å². The fourth-order valence-corrected chi connectivity index (χ4v) is 3.98. The number of aromatic nitrogens is 2. The van der Waals surface area contributed by atoms with E-state index in [1.165, 1.54) is 12.8 Å². The molecule has 0 spiro atoms. The lowest BCUT2D eigenvalue weighted by Gasteiger charge is -2.34. The van der Waals surface area contributed by atoms with Crippen LogP contribution in [-0.4, -0.2) is 72.0 Å². The van der Waals surface area contributed by atoms with Crippen molar-refractivity contribution in [2.24, 2.45) is 5.41 Å². The van der Waals surface area contributed by atoms with Gasteiger partial charge >= 0.3 is 0 Å². The summed E-state index contributed by atoms with van der Waals surface area (Å²) in [6.07, 6.45) is 3.23. The minimum absolute atomic E-state index is 0.0199. The number of carbonyl (C=O) groups excluding carboxylic acids is 1. The highest BCUT2D eigenvalue weighted by atomic mass is 16.1. The van der Waals surface area contributed by atoms with Crippen molar-refractivity contribution >= 4 is 5.91 Å². The Hall–Kier alpha value is -1.40. The van der Waals surface area contributed by atoms with E-state index in [9.17, 15) is 4.79 Å². The Morgan fingerprint density at radius 3 is 2.54 bits per heavy atom. The predicted octanol–water partition coefficient (Wildman–Crippen LogP) is 1.00. The summed E-state index contributed by atoms with van der Waals surface area (Å²) in [5.41, 5.74) is 1.86. The van der Waals surface area contributed by atoms with Crippen LogP contribution in [0.5, 0.6) is 0 Å². The molecule has 1 saturated carbocycles. The molecule has 1 aromatic rings. The summed E-state index contributed by atoms with van der Waals surface area (Å²) in [6.45, 7) is 10.7. The number of nitrogens with zero attached hydrogens (tertiary/aromatic N) is 3. The average molecular weight is 331 g/mol. The average Bonchev–Trinajstić information content (AvgIpc) is 3.21. The molecule has 1 amide bonds. The molecule has 0 atom stereocenters. The first-order valence-electron chi connectivity index (χ1n) is 9.15. The zero-order chi connectivity index (χ0) is 16.9. The second kappa shape index (κ2) is 5.56. The van der Waals surface area contributed by atoms with Gasteiger partial charge in [-0.15, -0.1) is 0 Å². The third-order valence-corrected chi connectivity index (χ3v) is 5.85. The Labute approximate surface area is 144 Å². The van der Waals surface area contributed by atoms with Crippen LogP contribution in [0.3, 0.4) is 0 Å². The van der Waals surface area contributed by atoms with E-state index < -0.39 is 0 Å². The van der Waals surface area contributed by atoms with Gasteiger partial charge in [-0.25, -0.2) is 4.98 Å². The van der Waals surface area contributed by atoms with Gasteiger partial charge in [0.05, 0.1) is 0 Å². The fraction of sp³-hybridized carbons (Fsp3) is 0.778. The topological polar surface area (TPSA) is 64.3 Å². The zero-order valence-corrected chi connectivity index (χ0v) is 15.1. The molecule has 2 fully saturated rings. The summed E-state index contributed by atoms with van der Waals surface area (Å²) in [7, 11) is 2.19. The van der Waals surface area contributed by atoms with Crippen molar-refractivity contribution in [1.29, 1.82) is 0 Å². The number of rotatable bonds is 3. The Bertz CT molecular complexity index is 638. The quantitative estimate of drug-likeness (QED) is 0.867. The molecule has 3 aliphatic rings. The monoisotopic (exact) mass is 331 g/mol. The van der Waals surface area contributed by atoms with Crippen molar-refractivity contribution in [1.82, 2.24) is 25.1 Å². The van der Waals surface area contributed by atoms with Crippen LogP contribution in [0, 0.1) is 5.41 Å². The second-order valence-electron chi connectivity index (χ2n) is 8.80. The minimum Gasteiger partial charge on any atom is -0.350 e. The molecule has 24 heavy (non-hydrogen) atoms. The first-order valence-corrected chi connectivity index (χ1v) is 9.15. The summed E-state index contributed by atoms with van der Waals surface area (Å²) < 4.78 is 0. The molecule has 2 aliphatic heterocycles. The van der Waals surface area contributed by atoms with Gasteiger partial charge < -0.3 is 15.2 Å². The molecule has 2 N–H and O–H groups in total. The van der Waals surface area contributed by atoms with Crippen LogP contribution in [0.1, 0.15) is 48.7 Å². The second-order valence-corrected chi connectivity index (χ2v) is 8.80. The number of H-pyrrole nitrogens is 1. The van der Waals surface area contributed by atoms with Crippen molar-refractivity contribution in [3.05, 3.63) is 17.2 Å². The zero-order valence-electron chi connectivity index (χ0n) is 15.1. The number of amides is 1. The van der Waals surface area contributed by atoms with Gasteiger partial charge in [-0.2, -0.15) is 0 Å². The normalized spacial score (nSPS) is 26.5. The molecule has 3 heterocycles. The summed E-state index contributed by atoms with van der Waals surface area (Å²) in [5.74, 6) is 1.02. The number of fused-ring (bicyclic) bond motifs is 1. The number of piperazine rings is 1. The standard InChI is InChI=1S/C18H29N5O/c1-17(2)10-13-14(15(24)19-11-17)21-16(20-13)18(4-5-18)12-23-8-6-22(3)7-9-23/h4-12H2,1-3H3,(H,19,24)(H,20,21). The molecule has 1 aromatic heterocycles. The molecule has 6 heteroatoms. The van der Waals surface area contributed by atoms with E-state index in [4.69, 9.17) is 4.98 Å². The third kappa shape index (κ3) is 2.97. The van der Waals surface area contributed by atoms with Gasteiger partial charge in [0.15, 0.2) is 0 Å². The molecule has 0 radical (unpaired) electrons. The van der Waals surface area contributed by atoms with E-state index >= 15 is 0 Å². The van der Waals surface area contributed by atoms with E-state index in [0.717, 1.165) is 50.7 Å². The summed E-state index contributed by atoms with van der Waals surface area (Å²) >= 11 is 0. The van der Waals surface area contributed by atoms with Crippen molar-refractivity contribution in [2.75, 3.05) is 46.3 Å². The smallest absolute Gasteiger partial charge is 0.271 e. The lowest BCUT2D eigenvalue weighted by atomic mass is 9.88. The highest BCUT2D eigenvalue weighted by molar-refractivity contribution is 5.94. The van der Waals surface area contributed by atoms with E-state index in [2.05, 4.69) is 41.0 Å². The van der Waals surface area contributed by atoms with Crippen LogP contribution in [-0.2, 0) is 11.8 Å². The Balaban J connectivity index is 1.55. The van der Waals surface area contributed by atoms with Crippen LogP contribution in [0.15, 0.2) is 0 Å². The van der Waals surface area contributed by atoms with Gasteiger partial charge in [0.25, 0.3) is 5.91 Å². The van der Waals surface area contributed by atoms with Gasteiger partial charge in [-0.05, 0) is 31.7 Å². The number of carbonyl (C=O) groups is 1. The molecule has 0 unspecified atom stereocenters. The van der Waals surface area contributed by atoms with E-state index in [1.807, 2.05) is 0 Å². The molecular formula is C18H29N5O. The number of likely N-dealkylation sites (N-methyl/N-ethyl adjacent to an activating group) is 1. The molecule has 0 aromatic carbocycles. The molecule has 4 rings (SSSR count). The van der Waals surface area contributed by atoms with Crippen LogP contribution < -0.4 is 5.32 Å². The highest BCUT2D eigenvalue weighted by Crippen LogP contribution is 2.48. The summed E-state index contributed by atoms with van der Waals surface area (Å²) in [4.78, 5) is 25.6. The summed E-state index contributed by atoms with van der Waals surface area (Å²) in [6, 6.07) is 0. The lowest BCUT2D eigenvalue weighted by molar-refractivity contribution is 0.0940. The Morgan fingerprint density at radius 2 is 1.88 bits per heavy atom. The largest absolute Gasteiger partial charge is 0.350 e. The van der Waals surface area contributed by atoms with E-state index in [1.54, 1.807) is 0 Å². The summed E-state index contributed by atoms with van der Waals surface area (Å²) in [5, 5.41) is 3.03. The number of hydrogen-bond acceptors (Lipinski definition) is 4. The molecule has 1 saturated heterocycles. The molecule has 1 aliphatic carbocycles. The SMILES string of the molecule is CN1CCN(CC2(c3nc4c([nH]3)CC(C)(C)CNC4=O)CC2)CC1. The molecule has 132 valence electrons. The predicted molar refractivity (Wildman–Crippen MR) is 93.3 cm³/mol. The maximum absolute atomic E-state index is 12.4. The molecule has 6 nitrogen and oxygen atoms in total. The number of nitrogens with one attached hydrogen (secondary N) is 2. The third-order valence-electron chi connectivity index (χ3n) is 5.85. The van der Waals surface area contributed by atoms with E-state index in [-0.39, 0.29) is 16.7 Å². The van der Waals surface area contributed by atoms with Crippen LogP contribution in [0.4, 0.5) is 0 Å².